The second kappa shape index (κ2) is 13.8. The molecule has 2 aromatic rings. The zero-order chi connectivity index (χ0) is 32.3. The summed E-state index contributed by atoms with van der Waals surface area (Å²) in [4.78, 5) is 59.1. The van der Waals surface area contributed by atoms with Crippen LogP contribution in [0.15, 0.2) is 78.9 Å². The van der Waals surface area contributed by atoms with Crippen LogP contribution < -0.4 is 10.2 Å². The molecule has 4 aliphatic heterocycles. The lowest BCUT2D eigenvalue weighted by atomic mass is 9.74. The molecule has 0 unspecified atom stereocenters. The van der Waals surface area contributed by atoms with E-state index in [-0.39, 0.29) is 44.5 Å². The average molecular weight is 648 g/mol. The molecular weight excluding hydrogens is 610 g/mol. The molecule has 3 amide bonds. The molecule has 0 radical (unpaired) electrons. The van der Waals surface area contributed by atoms with Crippen molar-refractivity contribution < 1.29 is 33.8 Å². The Kier molecular flexibility index (Phi) is 9.58. The number of fused-ring (bicyclic) bond motifs is 2. The number of allylic oxidation sites excluding steroid dienone is 1. The van der Waals surface area contributed by atoms with Crippen LogP contribution in [0.25, 0.3) is 0 Å². The Labute approximate surface area is 273 Å². The molecule has 0 saturated carbocycles. The number of ether oxygens (including phenoxy) is 2. The molecule has 6 rings (SSSR count). The summed E-state index contributed by atoms with van der Waals surface area (Å²) in [7, 11) is 0. The van der Waals surface area contributed by atoms with Crippen molar-refractivity contribution in [3.63, 3.8) is 0 Å². The first-order valence-corrected chi connectivity index (χ1v) is 16.2. The number of nitrogens with zero attached hydrogens (tertiary/aromatic N) is 2. The number of aliphatic hydroxyl groups is 1. The first-order valence-electron chi connectivity index (χ1n) is 15.9. The van der Waals surface area contributed by atoms with Gasteiger partial charge in [0.1, 0.15) is 18.2 Å². The van der Waals surface area contributed by atoms with Gasteiger partial charge in [-0.25, -0.2) is 0 Å². The number of benzene rings is 2. The molecule has 10 nitrogen and oxygen atoms in total. The van der Waals surface area contributed by atoms with Gasteiger partial charge in [-0.05, 0) is 55.5 Å². The molecule has 242 valence electrons. The quantitative estimate of drug-likeness (QED) is 0.267. The van der Waals surface area contributed by atoms with Gasteiger partial charge >= 0.3 is 5.97 Å². The highest BCUT2D eigenvalue weighted by Crippen LogP contribution is 2.55. The smallest absolute Gasteiger partial charge is 0.306 e. The normalized spacial score (nSPS) is 30.3. The Morgan fingerprint density at radius 3 is 2.50 bits per heavy atom. The number of carbonyl (C=O) groups is 4. The molecular formula is C35H38ClN3O7. The van der Waals surface area contributed by atoms with Crippen LogP contribution in [0.2, 0.25) is 5.02 Å². The third kappa shape index (κ3) is 6.09. The third-order valence-corrected chi connectivity index (χ3v) is 9.52. The number of hydrogen-bond acceptors (Lipinski definition) is 7. The van der Waals surface area contributed by atoms with E-state index in [0.29, 0.717) is 36.4 Å². The van der Waals surface area contributed by atoms with Crippen molar-refractivity contribution in [2.24, 2.45) is 11.8 Å². The molecule has 6 atom stereocenters. The minimum absolute atomic E-state index is 0.0349. The van der Waals surface area contributed by atoms with Crippen LogP contribution in [0, 0.1) is 11.8 Å². The fourth-order valence-electron chi connectivity index (χ4n) is 7.07. The second-order valence-electron chi connectivity index (χ2n) is 12.1. The van der Waals surface area contributed by atoms with Crippen LogP contribution in [0.4, 0.5) is 5.69 Å². The van der Waals surface area contributed by atoms with Gasteiger partial charge in [0.25, 0.3) is 5.91 Å². The monoisotopic (exact) mass is 647 g/mol. The molecule has 0 aromatic heterocycles. The van der Waals surface area contributed by atoms with E-state index in [1.165, 1.54) is 0 Å². The number of anilines is 1. The zero-order valence-corrected chi connectivity index (χ0v) is 26.2. The summed E-state index contributed by atoms with van der Waals surface area (Å²) in [6, 6.07) is 14.4. The van der Waals surface area contributed by atoms with Crippen molar-refractivity contribution in [1.82, 2.24) is 10.2 Å². The summed E-state index contributed by atoms with van der Waals surface area (Å²) in [5.74, 6) is -3.30. The maximum Gasteiger partial charge on any atom is 0.306 e. The highest BCUT2D eigenvalue weighted by Gasteiger charge is 2.73. The van der Waals surface area contributed by atoms with Gasteiger partial charge in [-0.2, -0.15) is 0 Å². The minimum Gasteiger partial charge on any atom is -0.463 e. The number of aliphatic hydroxyl groups excluding tert-OH is 1. The minimum atomic E-state index is -1.34. The second-order valence-corrected chi connectivity index (χ2v) is 12.5. The van der Waals surface area contributed by atoms with E-state index in [2.05, 4.69) is 5.32 Å². The van der Waals surface area contributed by atoms with Crippen molar-refractivity contribution in [1.29, 1.82) is 0 Å². The van der Waals surface area contributed by atoms with Gasteiger partial charge in [0.15, 0.2) is 0 Å². The average Bonchev–Trinajstić information content (AvgIpc) is 3.70. The fraction of sp³-hybridized carbons (Fsp3) is 0.429. The number of amides is 3. The molecule has 4 aliphatic rings. The van der Waals surface area contributed by atoms with Crippen LogP contribution in [-0.2, 0) is 28.7 Å². The summed E-state index contributed by atoms with van der Waals surface area (Å²) in [5, 5.41) is 12.9. The highest BCUT2D eigenvalue weighted by atomic mass is 35.5. The summed E-state index contributed by atoms with van der Waals surface area (Å²) in [5.41, 5.74) is 0.000597. The molecule has 0 aliphatic carbocycles. The van der Waals surface area contributed by atoms with Gasteiger partial charge in [-0.3, -0.25) is 19.2 Å². The molecule has 2 saturated heterocycles. The van der Waals surface area contributed by atoms with E-state index in [9.17, 15) is 24.3 Å². The van der Waals surface area contributed by atoms with Crippen LogP contribution >= 0.6 is 11.6 Å². The molecule has 11 heteroatoms. The molecule has 4 heterocycles. The van der Waals surface area contributed by atoms with Crippen LogP contribution in [0.5, 0.6) is 0 Å². The van der Waals surface area contributed by atoms with Gasteiger partial charge in [0.2, 0.25) is 11.8 Å². The molecule has 1 spiro atoms. The van der Waals surface area contributed by atoms with Crippen molar-refractivity contribution in [2.45, 2.75) is 55.9 Å². The Morgan fingerprint density at radius 2 is 1.74 bits per heavy atom. The van der Waals surface area contributed by atoms with E-state index in [0.717, 1.165) is 5.56 Å². The molecule has 46 heavy (non-hydrogen) atoms. The summed E-state index contributed by atoms with van der Waals surface area (Å²) in [6.07, 6.45) is 8.86. The van der Waals surface area contributed by atoms with E-state index in [4.69, 9.17) is 21.1 Å². The number of esters is 1. The van der Waals surface area contributed by atoms with Crippen molar-refractivity contribution in [3.8, 4) is 0 Å². The van der Waals surface area contributed by atoms with Crippen molar-refractivity contribution in [3.05, 3.63) is 89.5 Å². The number of nitrogens with one attached hydrogen (secondary N) is 1. The topological polar surface area (TPSA) is 125 Å². The van der Waals surface area contributed by atoms with Gasteiger partial charge in [0.05, 0.1) is 24.0 Å². The van der Waals surface area contributed by atoms with E-state index in [1.807, 2.05) is 42.5 Å². The summed E-state index contributed by atoms with van der Waals surface area (Å²) in [6.45, 7) is 0.412. The number of cyclic esters (lactones) is 1. The summed E-state index contributed by atoms with van der Waals surface area (Å²) < 4.78 is 12.1. The number of hydrogen-bond donors (Lipinski definition) is 2. The maximum atomic E-state index is 14.8. The lowest BCUT2D eigenvalue weighted by Gasteiger charge is -2.36. The lowest BCUT2D eigenvalue weighted by molar-refractivity contribution is -0.145. The fourth-order valence-corrected chi connectivity index (χ4v) is 7.20. The van der Waals surface area contributed by atoms with Gasteiger partial charge in [-0.1, -0.05) is 66.2 Å². The molecule has 5 bridgehead atoms. The van der Waals surface area contributed by atoms with Crippen molar-refractivity contribution >= 4 is 41.0 Å². The van der Waals surface area contributed by atoms with E-state index in [1.54, 1.807) is 46.2 Å². The van der Waals surface area contributed by atoms with Crippen LogP contribution in [0.1, 0.15) is 43.7 Å². The van der Waals surface area contributed by atoms with Crippen molar-refractivity contribution in [2.75, 3.05) is 31.2 Å². The lowest BCUT2D eigenvalue weighted by Crippen LogP contribution is -2.56. The Morgan fingerprint density at radius 1 is 0.957 bits per heavy atom. The first kappa shape index (κ1) is 32.0. The number of carbonyl (C=O) groups excluding carboxylic acids is 4. The predicted octanol–water partition coefficient (Wildman–Crippen LogP) is 3.74. The largest absolute Gasteiger partial charge is 0.463 e. The molecule has 2 fully saturated rings. The van der Waals surface area contributed by atoms with Gasteiger partial charge in [0, 0.05) is 36.8 Å². The van der Waals surface area contributed by atoms with Gasteiger partial charge in [-0.15, -0.1) is 0 Å². The van der Waals surface area contributed by atoms with Crippen LogP contribution in [-0.4, -0.2) is 77.7 Å². The Bertz CT molecular complexity index is 1510. The van der Waals surface area contributed by atoms with E-state index < -0.39 is 47.5 Å². The third-order valence-electron chi connectivity index (χ3n) is 9.27. The Hall–Kier alpha value is -3.99. The van der Waals surface area contributed by atoms with Gasteiger partial charge < -0.3 is 29.7 Å². The number of halogens is 1. The van der Waals surface area contributed by atoms with Crippen LogP contribution in [0.3, 0.4) is 0 Å². The number of rotatable bonds is 7. The zero-order valence-electron chi connectivity index (χ0n) is 25.4. The number of unbranched alkanes of at least 4 members (excludes halogenated alkanes) is 2. The summed E-state index contributed by atoms with van der Waals surface area (Å²) >= 11 is 6.18. The Balaban J connectivity index is 1.41. The standard InChI is InChI=1S/C35H38ClN3O7/c36-24-13-15-25(16-14-24)38-19-7-2-6-12-28(41)45-22-26(23-10-4-1-5-11-23)37-32(42)29-27-17-18-35(46-27)30(29)33(43)39(31(35)34(38)44)20-8-3-9-21-40/h1-2,4-5,7,10-11,13-18,26-27,29-31,40H,3,6,8-9,12,19-22H2,(H,37,42)/b7-2-/t26-,27-,29+,30+,31-,35+/m1/s1. The number of likely N-dealkylation sites (tertiary alicyclic amines) is 1. The highest BCUT2D eigenvalue weighted by molar-refractivity contribution is 6.30. The predicted molar refractivity (Wildman–Crippen MR) is 171 cm³/mol. The molecule has 2 N–H and O–H groups in total. The SMILES string of the molecule is O=C1CC/C=C\CN(c2ccc(Cl)cc2)C(=O)[C@H]2N(CCCCCO)C(=O)[C@@H]3[C@@H](C(=O)N[C@@H](c4ccccc4)CO1)[C@H]1C=C[C@]32O1. The molecule has 2 aromatic carbocycles. The first-order chi connectivity index (χ1) is 22.3. The van der Waals surface area contributed by atoms with E-state index >= 15 is 0 Å². The maximum absolute atomic E-state index is 14.8.